The molecule has 2 aromatic carbocycles. The molecule has 146 valence electrons. The zero-order valence-corrected chi connectivity index (χ0v) is 16.8. The standard InChI is InChI=1S/C20H19FN2O3S2/c1-13(24)15-5-3-7-17(9-15)23-19-12-28(25,26)11-18(19)22-20(23)27-10-14-4-2-6-16(21)8-14/h2-9,18-19H,10-12H2,1H3/t18-,19+/m0/s1. The summed E-state index contributed by atoms with van der Waals surface area (Å²) in [6.07, 6.45) is 0. The van der Waals surface area contributed by atoms with Gasteiger partial charge < -0.3 is 4.90 Å². The smallest absolute Gasteiger partial charge is 0.164 e. The molecule has 2 atom stereocenters. The first kappa shape index (κ1) is 19.1. The third-order valence-corrected chi connectivity index (χ3v) is 7.63. The van der Waals surface area contributed by atoms with E-state index in [4.69, 9.17) is 0 Å². The van der Waals surface area contributed by atoms with Crippen LogP contribution in [0.15, 0.2) is 53.5 Å². The maximum atomic E-state index is 13.5. The van der Waals surface area contributed by atoms with Crippen LogP contribution in [-0.2, 0) is 15.6 Å². The Kier molecular flexibility index (Phi) is 5.01. The van der Waals surface area contributed by atoms with E-state index in [1.54, 1.807) is 24.3 Å². The van der Waals surface area contributed by atoms with E-state index in [-0.39, 0.29) is 35.2 Å². The van der Waals surface area contributed by atoms with Crippen LogP contribution < -0.4 is 4.90 Å². The molecule has 4 rings (SSSR count). The lowest BCUT2D eigenvalue weighted by Crippen LogP contribution is -2.39. The number of fused-ring (bicyclic) bond motifs is 1. The second-order valence-electron chi connectivity index (χ2n) is 7.02. The molecule has 2 aliphatic heterocycles. The van der Waals surface area contributed by atoms with Crippen molar-refractivity contribution in [2.75, 3.05) is 16.4 Å². The Morgan fingerprint density at radius 2 is 2.00 bits per heavy atom. The molecule has 2 heterocycles. The fourth-order valence-electron chi connectivity index (χ4n) is 3.58. The molecule has 2 aliphatic rings. The topological polar surface area (TPSA) is 66.8 Å². The van der Waals surface area contributed by atoms with Gasteiger partial charge in [0.05, 0.1) is 23.6 Å². The third-order valence-electron chi connectivity index (χ3n) is 4.90. The summed E-state index contributed by atoms with van der Waals surface area (Å²) in [6.45, 7) is 1.50. The molecule has 5 nitrogen and oxygen atoms in total. The van der Waals surface area contributed by atoms with Crippen LogP contribution in [0.25, 0.3) is 0 Å². The highest BCUT2D eigenvalue weighted by molar-refractivity contribution is 8.13. The number of benzene rings is 2. The maximum absolute atomic E-state index is 13.5. The number of carbonyl (C=O) groups is 1. The van der Waals surface area contributed by atoms with Gasteiger partial charge in [-0.15, -0.1) is 0 Å². The van der Waals surface area contributed by atoms with Crippen molar-refractivity contribution in [1.82, 2.24) is 0 Å². The third kappa shape index (κ3) is 3.84. The predicted octanol–water partition coefficient (Wildman–Crippen LogP) is 3.30. The number of halogens is 1. The van der Waals surface area contributed by atoms with Gasteiger partial charge in [0.2, 0.25) is 0 Å². The number of ketones is 1. The van der Waals surface area contributed by atoms with E-state index < -0.39 is 9.84 Å². The number of sulfone groups is 1. The molecule has 8 heteroatoms. The fraction of sp³-hybridized carbons (Fsp3) is 0.300. The minimum atomic E-state index is -3.14. The van der Waals surface area contributed by atoms with E-state index in [0.29, 0.717) is 16.5 Å². The number of Topliss-reactive ketones (excluding diaryl/α,β-unsaturated/α-hetero) is 1. The van der Waals surface area contributed by atoms with E-state index >= 15 is 0 Å². The Labute approximate surface area is 167 Å². The number of thioether (sulfide) groups is 1. The molecule has 0 unspecified atom stereocenters. The molecule has 0 saturated carbocycles. The minimum absolute atomic E-state index is 0.0323. The molecule has 1 fully saturated rings. The van der Waals surface area contributed by atoms with Crippen molar-refractivity contribution < 1.29 is 17.6 Å². The van der Waals surface area contributed by atoms with Crippen LogP contribution in [0.3, 0.4) is 0 Å². The number of hydrogen-bond donors (Lipinski definition) is 0. The molecular weight excluding hydrogens is 399 g/mol. The van der Waals surface area contributed by atoms with Crippen LogP contribution in [0.2, 0.25) is 0 Å². The summed E-state index contributed by atoms with van der Waals surface area (Å²) in [7, 11) is -3.14. The van der Waals surface area contributed by atoms with Crippen LogP contribution >= 0.6 is 11.8 Å². The first-order valence-electron chi connectivity index (χ1n) is 8.88. The Morgan fingerprint density at radius 3 is 2.75 bits per heavy atom. The number of carbonyl (C=O) groups excluding carboxylic acids is 1. The van der Waals surface area contributed by atoms with Gasteiger partial charge in [0, 0.05) is 17.0 Å². The van der Waals surface area contributed by atoms with E-state index in [9.17, 15) is 17.6 Å². The first-order chi connectivity index (χ1) is 13.3. The largest absolute Gasteiger partial charge is 0.315 e. The molecule has 0 bridgehead atoms. The minimum Gasteiger partial charge on any atom is -0.315 e. The first-order valence-corrected chi connectivity index (χ1v) is 11.7. The van der Waals surface area contributed by atoms with Crippen LogP contribution in [0.1, 0.15) is 22.8 Å². The van der Waals surface area contributed by atoms with Crippen molar-refractivity contribution in [2.45, 2.75) is 24.8 Å². The summed E-state index contributed by atoms with van der Waals surface area (Å²) < 4.78 is 37.7. The molecule has 0 aromatic heterocycles. The van der Waals surface area contributed by atoms with E-state index in [2.05, 4.69) is 4.99 Å². The van der Waals surface area contributed by atoms with Crippen LogP contribution in [0.5, 0.6) is 0 Å². The van der Waals surface area contributed by atoms with Gasteiger partial charge in [0.15, 0.2) is 20.8 Å². The van der Waals surface area contributed by atoms with Crippen molar-refractivity contribution in [3.63, 3.8) is 0 Å². The lowest BCUT2D eigenvalue weighted by atomic mass is 10.1. The number of hydrogen-bond acceptors (Lipinski definition) is 6. The SMILES string of the molecule is CC(=O)c1cccc(N2C(SCc3cccc(F)c3)=N[C@H]3CS(=O)(=O)C[C@H]32)c1. The number of anilines is 1. The van der Waals surface area contributed by atoms with Crippen molar-refractivity contribution in [3.05, 3.63) is 65.5 Å². The van der Waals surface area contributed by atoms with Crippen LogP contribution in [0, 0.1) is 5.82 Å². The highest BCUT2D eigenvalue weighted by atomic mass is 32.2. The van der Waals surface area contributed by atoms with E-state index in [1.807, 2.05) is 17.0 Å². The molecular formula is C20H19FN2O3S2. The average molecular weight is 419 g/mol. The lowest BCUT2D eigenvalue weighted by Gasteiger charge is -2.26. The van der Waals surface area contributed by atoms with Crippen LogP contribution in [-0.4, -0.2) is 43.0 Å². The fourth-order valence-corrected chi connectivity index (χ4v) is 6.49. The number of amidine groups is 1. The predicted molar refractivity (Wildman–Crippen MR) is 110 cm³/mol. The van der Waals surface area contributed by atoms with Crippen LogP contribution in [0.4, 0.5) is 10.1 Å². The summed E-state index contributed by atoms with van der Waals surface area (Å²) in [4.78, 5) is 18.4. The molecule has 0 N–H and O–H groups in total. The van der Waals surface area contributed by atoms with E-state index in [0.717, 1.165) is 11.3 Å². The summed E-state index contributed by atoms with van der Waals surface area (Å²) in [5.41, 5.74) is 2.15. The molecule has 0 radical (unpaired) electrons. The Balaban J connectivity index is 1.65. The summed E-state index contributed by atoms with van der Waals surface area (Å²) in [5, 5.41) is 0.704. The Bertz CT molecular complexity index is 1070. The Morgan fingerprint density at radius 1 is 1.21 bits per heavy atom. The highest BCUT2D eigenvalue weighted by Crippen LogP contribution is 2.36. The summed E-state index contributed by atoms with van der Waals surface area (Å²) in [5.74, 6) is 0.245. The van der Waals surface area contributed by atoms with Gasteiger partial charge in [-0.05, 0) is 36.8 Å². The molecule has 28 heavy (non-hydrogen) atoms. The monoisotopic (exact) mass is 418 g/mol. The molecule has 0 aliphatic carbocycles. The highest BCUT2D eigenvalue weighted by Gasteiger charge is 2.47. The lowest BCUT2D eigenvalue weighted by molar-refractivity contribution is 0.101. The van der Waals surface area contributed by atoms with Crippen molar-refractivity contribution in [2.24, 2.45) is 4.99 Å². The second kappa shape index (κ2) is 7.33. The Hall–Kier alpha value is -2.19. The van der Waals surface area contributed by atoms with Gasteiger partial charge in [-0.3, -0.25) is 9.79 Å². The average Bonchev–Trinajstić information content (AvgIpc) is 3.11. The molecule has 2 aromatic rings. The summed E-state index contributed by atoms with van der Waals surface area (Å²) in [6, 6.07) is 13.0. The number of nitrogens with zero attached hydrogens (tertiary/aromatic N) is 2. The second-order valence-corrected chi connectivity index (χ2v) is 10.1. The zero-order chi connectivity index (χ0) is 19.9. The molecule has 0 amide bonds. The maximum Gasteiger partial charge on any atom is 0.164 e. The molecule has 1 saturated heterocycles. The van der Waals surface area contributed by atoms with Gasteiger partial charge in [0.25, 0.3) is 0 Å². The van der Waals surface area contributed by atoms with Crippen molar-refractivity contribution >= 4 is 38.2 Å². The van der Waals surface area contributed by atoms with Gasteiger partial charge in [-0.2, -0.15) is 0 Å². The summed E-state index contributed by atoms with van der Waals surface area (Å²) >= 11 is 1.45. The van der Waals surface area contributed by atoms with Crippen molar-refractivity contribution in [3.8, 4) is 0 Å². The zero-order valence-electron chi connectivity index (χ0n) is 15.2. The van der Waals surface area contributed by atoms with Gasteiger partial charge in [-0.1, -0.05) is 36.0 Å². The molecule has 0 spiro atoms. The number of aliphatic imine (C=N–C) groups is 1. The van der Waals surface area contributed by atoms with Gasteiger partial charge in [-0.25, -0.2) is 12.8 Å². The van der Waals surface area contributed by atoms with Gasteiger partial charge >= 0.3 is 0 Å². The van der Waals surface area contributed by atoms with E-state index in [1.165, 1.54) is 30.8 Å². The van der Waals surface area contributed by atoms with Crippen molar-refractivity contribution in [1.29, 1.82) is 0 Å². The quantitative estimate of drug-likeness (QED) is 0.713. The number of rotatable bonds is 4. The normalized spacial score (nSPS) is 22.8. The van der Waals surface area contributed by atoms with Gasteiger partial charge in [0.1, 0.15) is 5.82 Å².